The second-order valence-corrected chi connectivity index (χ2v) is 8.10. The topological polar surface area (TPSA) is 103 Å². The number of methoxy groups -OCH3 is 1. The molecule has 32 heavy (non-hydrogen) atoms. The van der Waals surface area contributed by atoms with Crippen molar-refractivity contribution >= 4 is 21.4 Å². The third-order valence-electron chi connectivity index (χ3n) is 4.47. The molecule has 4 aromatic rings. The molecule has 0 saturated heterocycles. The van der Waals surface area contributed by atoms with E-state index in [-0.39, 0.29) is 28.3 Å². The highest BCUT2D eigenvalue weighted by Gasteiger charge is 2.26. The van der Waals surface area contributed by atoms with Crippen molar-refractivity contribution in [2.24, 2.45) is 0 Å². The lowest BCUT2D eigenvalue weighted by Gasteiger charge is -2.14. The molecule has 4 rings (SSSR count). The summed E-state index contributed by atoms with van der Waals surface area (Å²) in [5.41, 5.74) is -0.733. The number of nitrogens with zero attached hydrogens (tertiary/aromatic N) is 3. The van der Waals surface area contributed by atoms with Crippen molar-refractivity contribution in [1.29, 1.82) is 0 Å². The van der Waals surface area contributed by atoms with E-state index in [4.69, 9.17) is 4.74 Å². The van der Waals surface area contributed by atoms with Crippen LogP contribution >= 0.6 is 0 Å². The Labute approximate surface area is 179 Å². The number of hydrogen-bond donors (Lipinski definition) is 1. The monoisotopic (exact) mass is 462 g/mol. The van der Waals surface area contributed by atoms with Gasteiger partial charge in [-0.05, 0) is 18.2 Å². The van der Waals surface area contributed by atoms with Crippen molar-refractivity contribution < 1.29 is 26.3 Å². The average molecular weight is 462 g/mol. The largest absolute Gasteiger partial charge is 0.480 e. The maximum absolute atomic E-state index is 14.7. The highest BCUT2D eigenvalue weighted by molar-refractivity contribution is 7.92. The Balaban J connectivity index is 1.84. The van der Waals surface area contributed by atoms with Gasteiger partial charge in [-0.3, -0.25) is 13.9 Å². The van der Waals surface area contributed by atoms with Gasteiger partial charge in [0, 0.05) is 41.9 Å². The predicted octanol–water partition coefficient (Wildman–Crippen LogP) is 2.98. The molecule has 1 aromatic carbocycles. The van der Waals surface area contributed by atoms with Gasteiger partial charge in [0.25, 0.3) is 15.6 Å². The lowest BCUT2D eigenvalue weighted by Crippen LogP contribution is -2.17. The van der Waals surface area contributed by atoms with Gasteiger partial charge in [0.15, 0.2) is 4.90 Å². The van der Waals surface area contributed by atoms with Crippen LogP contribution in [-0.4, -0.2) is 29.9 Å². The van der Waals surface area contributed by atoms with Crippen LogP contribution in [0.3, 0.4) is 0 Å². The zero-order valence-electron chi connectivity index (χ0n) is 16.2. The molecule has 0 amide bonds. The molecule has 0 unspecified atom stereocenters. The molecule has 164 valence electrons. The van der Waals surface area contributed by atoms with Crippen LogP contribution in [0, 0.1) is 17.5 Å². The summed E-state index contributed by atoms with van der Waals surface area (Å²) in [6.45, 7) is 0. The Morgan fingerprint density at radius 3 is 2.44 bits per heavy atom. The number of hydrogen-bond acceptors (Lipinski definition) is 6. The second kappa shape index (κ2) is 7.96. The molecule has 0 fully saturated rings. The number of ether oxygens (including phenoxy) is 1. The van der Waals surface area contributed by atoms with Crippen LogP contribution in [0.15, 0.2) is 64.7 Å². The zero-order valence-corrected chi connectivity index (χ0v) is 17.0. The number of aromatic nitrogens is 3. The fourth-order valence-electron chi connectivity index (χ4n) is 3.03. The number of benzene rings is 1. The smallest absolute Gasteiger partial charge is 0.267 e. The molecular formula is C20H13F3N4O4S. The summed E-state index contributed by atoms with van der Waals surface area (Å²) in [5, 5.41) is 0. The van der Waals surface area contributed by atoms with E-state index in [1.807, 2.05) is 4.72 Å². The van der Waals surface area contributed by atoms with Crippen LogP contribution in [0.25, 0.3) is 16.8 Å². The lowest BCUT2D eigenvalue weighted by atomic mass is 10.1. The highest BCUT2D eigenvalue weighted by atomic mass is 32.2. The minimum Gasteiger partial charge on any atom is -0.480 e. The summed E-state index contributed by atoms with van der Waals surface area (Å²) in [4.78, 5) is 18.7. The van der Waals surface area contributed by atoms with Gasteiger partial charge in [-0.25, -0.2) is 31.6 Å². The third-order valence-corrected chi connectivity index (χ3v) is 5.88. The van der Waals surface area contributed by atoms with Gasteiger partial charge in [0.2, 0.25) is 5.88 Å². The first-order valence-electron chi connectivity index (χ1n) is 8.89. The van der Waals surface area contributed by atoms with Gasteiger partial charge < -0.3 is 4.74 Å². The molecule has 0 saturated carbocycles. The van der Waals surface area contributed by atoms with Crippen LogP contribution < -0.4 is 15.0 Å². The summed E-state index contributed by atoms with van der Waals surface area (Å²) in [6.07, 6.45) is 3.60. The molecule has 0 atom stereocenters. The molecule has 12 heteroatoms. The van der Waals surface area contributed by atoms with E-state index in [1.165, 1.54) is 31.8 Å². The molecule has 3 heterocycles. The predicted molar refractivity (Wildman–Crippen MR) is 108 cm³/mol. The highest BCUT2D eigenvalue weighted by Crippen LogP contribution is 2.32. The Morgan fingerprint density at radius 2 is 1.75 bits per heavy atom. The summed E-state index contributed by atoms with van der Waals surface area (Å²) in [7, 11) is -3.54. The average Bonchev–Trinajstić information content (AvgIpc) is 2.73. The summed E-state index contributed by atoms with van der Waals surface area (Å²) in [6, 6.07) is 5.97. The SMILES string of the molecule is COc1ncc(-c2cn3c(=O)ccnc3cc2F)cc1NS(=O)(=O)c1c(F)cccc1F. The summed E-state index contributed by atoms with van der Waals surface area (Å²) < 4.78 is 76.2. The number of rotatable bonds is 5. The molecule has 0 radical (unpaired) electrons. The number of fused-ring (bicyclic) bond motifs is 1. The van der Waals surface area contributed by atoms with E-state index in [2.05, 4.69) is 9.97 Å². The summed E-state index contributed by atoms with van der Waals surface area (Å²) in [5.74, 6) is -3.58. The van der Waals surface area contributed by atoms with Gasteiger partial charge in [0.1, 0.15) is 28.8 Å². The number of nitrogens with one attached hydrogen (secondary N) is 1. The Bertz CT molecular complexity index is 1500. The van der Waals surface area contributed by atoms with Gasteiger partial charge in [-0.15, -0.1) is 0 Å². The molecule has 3 aromatic heterocycles. The van der Waals surface area contributed by atoms with Crippen molar-refractivity contribution in [2.75, 3.05) is 11.8 Å². The Morgan fingerprint density at radius 1 is 1.03 bits per heavy atom. The van der Waals surface area contributed by atoms with Gasteiger partial charge in [-0.2, -0.15) is 0 Å². The number of sulfonamides is 1. The first-order chi connectivity index (χ1) is 15.2. The van der Waals surface area contributed by atoms with Gasteiger partial charge in [-0.1, -0.05) is 6.07 Å². The molecule has 8 nitrogen and oxygen atoms in total. The molecule has 0 aliphatic heterocycles. The summed E-state index contributed by atoms with van der Waals surface area (Å²) >= 11 is 0. The molecular weight excluding hydrogens is 449 g/mol. The molecule has 0 aliphatic rings. The molecule has 1 N–H and O–H groups in total. The van der Waals surface area contributed by atoms with Crippen LogP contribution in [-0.2, 0) is 10.0 Å². The Hall–Kier alpha value is -3.93. The number of halogens is 3. The van der Waals surface area contributed by atoms with Gasteiger partial charge >= 0.3 is 0 Å². The Kier molecular flexibility index (Phi) is 5.30. The maximum atomic E-state index is 14.7. The van der Waals surface area contributed by atoms with Crippen LogP contribution in [0.1, 0.15) is 0 Å². The normalized spacial score (nSPS) is 11.5. The number of anilines is 1. The standard InChI is InChI=1S/C20H13F3N4O4S/c1-31-20-16(26-32(29,30)19-13(21)3-2-4-14(19)22)7-11(9-25-20)12-10-27-17(8-15(12)23)24-6-5-18(27)28/h2-10,26H,1H3. The first-order valence-corrected chi connectivity index (χ1v) is 10.4. The van der Waals surface area contributed by atoms with Crippen LogP contribution in [0.2, 0.25) is 0 Å². The van der Waals surface area contributed by atoms with E-state index in [0.29, 0.717) is 0 Å². The van der Waals surface area contributed by atoms with Crippen LogP contribution in [0.5, 0.6) is 5.88 Å². The molecule has 0 bridgehead atoms. The van der Waals surface area contributed by atoms with Gasteiger partial charge in [0.05, 0.1) is 7.11 Å². The molecule has 0 spiro atoms. The lowest BCUT2D eigenvalue weighted by molar-refractivity contribution is 0.400. The van der Waals surface area contributed by atoms with E-state index in [9.17, 15) is 26.4 Å². The first kappa shape index (κ1) is 21.3. The quantitative estimate of drug-likeness (QED) is 0.489. The minimum absolute atomic E-state index is 0.0626. The third kappa shape index (κ3) is 3.75. The van der Waals surface area contributed by atoms with E-state index in [1.54, 1.807) is 0 Å². The van der Waals surface area contributed by atoms with Crippen molar-refractivity contribution in [3.8, 4) is 17.0 Å². The second-order valence-electron chi connectivity index (χ2n) is 6.48. The van der Waals surface area contributed by atoms with E-state index < -0.39 is 37.9 Å². The van der Waals surface area contributed by atoms with Crippen LogP contribution in [0.4, 0.5) is 18.9 Å². The number of pyridine rings is 2. The van der Waals surface area contributed by atoms with Crippen molar-refractivity contribution in [1.82, 2.24) is 14.4 Å². The van der Waals surface area contributed by atoms with Crippen molar-refractivity contribution in [3.05, 3.63) is 82.8 Å². The minimum atomic E-state index is -4.74. The van der Waals surface area contributed by atoms with Crippen molar-refractivity contribution in [3.63, 3.8) is 0 Å². The fraction of sp³-hybridized carbons (Fsp3) is 0.0500. The maximum Gasteiger partial charge on any atom is 0.267 e. The molecule has 0 aliphatic carbocycles. The van der Waals surface area contributed by atoms with E-state index in [0.717, 1.165) is 34.7 Å². The zero-order chi connectivity index (χ0) is 23.0. The van der Waals surface area contributed by atoms with Crippen molar-refractivity contribution in [2.45, 2.75) is 4.90 Å². The van der Waals surface area contributed by atoms with E-state index >= 15 is 0 Å². The fourth-order valence-corrected chi connectivity index (χ4v) is 4.22.